The largest absolute Gasteiger partial charge is 0.494 e. The van der Waals surface area contributed by atoms with Crippen LogP contribution in [-0.2, 0) is 19.4 Å². The Morgan fingerprint density at radius 1 is 1.19 bits per heavy atom. The van der Waals surface area contributed by atoms with Crippen molar-refractivity contribution in [2.75, 3.05) is 19.8 Å². The summed E-state index contributed by atoms with van der Waals surface area (Å²) in [7, 11) is -4.15. The average Bonchev–Trinajstić information content (AvgIpc) is 3.23. The van der Waals surface area contributed by atoms with Crippen LogP contribution in [0.2, 0.25) is 0 Å². The molecule has 1 fully saturated rings. The second-order valence-electron chi connectivity index (χ2n) is 7.11. The van der Waals surface area contributed by atoms with Crippen LogP contribution in [0.5, 0.6) is 5.75 Å². The monoisotopic (exact) mass is 460 g/mol. The summed E-state index contributed by atoms with van der Waals surface area (Å²) in [6, 6.07) is 12.0. The molecule has 1 amide bonds. The van der Waals surface area contributed by atoms with Crippen molar-refractivity contribution in [3.8, 4) is 16.3 Å². The third-order valence-electron chi connectivity index (χ3n) is 5.37. The van der Waals surface area contributed by atoms with Crippen molar-refractivity contribution in [1.82, 2.24) is 4.98 Å². The normalized spacial score (nSPS) is 16.2. The topological polar surface area (TPSA) is 112 Å². The first-order chi connectivity index (χ1) is 14.9. The molecule has 162 valence electrons. The Balaban J connectivity index is 1.73. The number of benzene rings is 2. The summed E-state index contributed by atoms with van der Waals surface area (Å²) < 4.78 is 36.3. The van der Waals surface area contributed by atoms with E-state index < -0.39 is 20.5 Å². The first-order valence-corrected chi connectivity index (χ1v) is 12.1. The summed E-state index contributed by atoms with van der Waals surface area (Å²) in [5.41, 5.74) is 1.53. The van der Waals surface area contributed by atoms with Gasteiger partial charge in [-0.1, -0.05) is 0 Å². The Kier molecular flexibility index (Phi) is 5.87. The predicted octanol–water partition coefficient (Wildman–Crippen LogP) is 3.98. The highest BCUT2D eigenvalue weighted by molar-refractivity contribution is 7.93. The minimum atomic E-state index is -4.15. The zero-order valence-electron chi connectivity index (χ0n) is 16.7. The van der Waals surface area contributed by atoms with Gasteiger partial charge in [0.15, 0.2) is 14.6 Å². The number of carbonyl (C=O) groups excluding carboxylic acids is 1. The molecule has 0 radical (unpaired) electrons. The van der Waals surface area contributed by atoms with Crippen molar-refractivity contribution in [1.29, 1.82) is 0 Å². The van der Waals surface area contributed by atoms with E-state index >= 15 is 0 Å². The van der Waals surface area contributed by atoms with Gasteiger partial charge < -0.3 is 9.47 Å². The number of nitrogens with zero attached hydrogens (tertiary/aromatic N) is 2. The molecule has 3 aromatic rings. The average molecular weight is 461 g/mol. The molecule has 0 N–H and O–H groups in total. The minimum absolute atomic E-state index is 0.0270. The Hall–Kier alpha value is -2.69. The number of carbonyl (C=O) groups is 1. The maximum Gasteiger partial charge on any atom is 0.307 e. The molecule has 2 aromatic carbocycles. The Morgan fingerprint density at radius 3 is 2.55 bits per heavy atom. The highest BCUT2D eigenvalue weighted by Crippen LogP contribution is 2.39. The van der Waals surface area contributed by atoms with Gasteiger partial charge in [0.1, 0.15) is 10.8 Å². The number of hydrogen-bond acceptors (Lipinski definition) is 8. The number of rotatable bonds is 6. The van der Waals surface area contributed by atoms with Crippen molar-refractivity contribution < 1.29 is 22.7 Å². The van der Waals surface area contributed by atoms with Gasteiger partial charge in [0, 0.05) is 24.0 Å². The number of fused-ring (bicyclic) bond motifs is 1. The molecule has 4 rings (SSSR count). The van der Waals surface area contributed by atoms with Crippen LogP contribution in [-0.4, -0.2) is 43.9 Å². The van der Waals surface area contributed by atoms with Crippen LogP contribution in [0.15, 0.2) is 52.5 Å². The Morgan fingerprint density at radius 2 is 1.90 bits per heavy atom. The lowest BCUT2D eigenvalue weighted by Crippen LogP contribution is -2.49. The van der Waals surface area contributed by atoms with Gasteiger partial charge in [-0.05, 0) is 62.2 Å². The van der Waals surface area contributed by atoms with Gasteiger partial charge in [0.05, 0.1) is 21.7 Å². The molecule has 1 aliphatic rings. The molecule has 0 bridgehead atoms. The molecular formula is C21H20N2O6S2. The van der Waals surface area contributed by atoms with Crippen molar-refractivity contribution in [3.63, 3.8) is 0 Å². The van der Waals surface area contributed by atoms with Crippen molar-refractivity contribution >= 4 is 37.3 Å². The van der Waals surface area contributed by atoms with Crippen molar-refractivity contribution in [2.45, 2.75) is 29.4 Å². The quantitative estimate of drug-likeness (QED) is 0.512. The van der Waals surface area contributed by atoms with E-state index in [0.717, 1.165) is 16.3 Å². The number of thiazole rings is 1. The van der Waals surface area contributed by atoms with Gasteiger partial charge in [-0.15, -0.1) is 16.2 Å². The molecule has 1 saturated heterocycles. The standard InChI is InChI=1S/C21H20N2O6S2/c1-2-29-15-5-3-14(4-6-15)19-22-17-8-7-16(13-18(17)30-19)31(26,27)21(20(24)23-25)9-11-28-12-10-21/h3-8,13H,2,9-12H2,1H3. The molecule has 1 aliphatic heterocycles. The second-order valence-corrected chi connectivity index (χ2v) is 10.4. The lowest BCUT2D eigenvalue weighted by Gasteiger charge is -2.32. The van der Waals surface area contributed by atoms with Gasteiger partial charge in [-0.2, -0.15) is 0 Å². The van der Waals surface area contributed by atoms with Gasteiger partial charge in [0.2, 0.25) is 0 Å². The fourth-order valence-corrected chi connectivity index (χ4v) is 6.69. The third-order valence-corrected chi connectivity index (χ3v) is 8.92. The number of ether oxygens (including phenoxy) is 2. The first kappa shape index (κ1) is 21.5. The van der Waals surface area contributed by atoms with Crippen molar-refractivity contribution in [2.24, 2.45) is 5.18 Å². The maximum absolute atomic E-state index is 13.4. The smallest absolute Gasteiger partial charge is 0.307 e. The molecule has 0 saturated carbocycles. The zero-order valence-corrected chi connectivity index (χ0v) is 18.4. The highest BCUT2D eigenvalue weighted by atomic mass is 32.2. The third kappa shape index (κ3) is 3.75. The zero-order chi connectivity index (χ0) is 22.1. The lowest BCUT2D eigenvalue weighted by atomic mass is 9.98. The highest BCUT2D eigenvalue weighted by Gasteiger charge is 2.53. The van der Waals surface area contributed by atoms with Crippen LogP contribution in [0.4, 0.5) is 0 Å². The molecule has 0 unspecified atom stereocenters. The molecule has 0 atom stereocenters. The number of aromatic nitrogens is 1. The molecule has 0 spiro atoms. The Labute approximate surface area is 183 Å². The van der Waals surface area contributed by atoms with Crippen LogP contribution in [0.25, 0.3) is 20.8 Å². The minimum Gasteiger partial charge on any atom is -0.494 e. The first-order valence-electron chi connectivity index (χ1n) is 9.75. The van der Waals surface area contributed by atoms with Gasteiger partial charge in [-0.3, -0.25) is 4.79 Å². The summed E-state index contributed by atoms with van der Waals surface area (Å²) in [6.45, 7) is 2.64. The summed E-state index contributed by atoms with van der Waals surface area (Å²) >= 11 is 1.35. The number of sulfone groups is 1. The molecule has 1 aromatic heterocycles. The van der Waals surface area contributed by atoms with Gasteiger partial charge >= 0.3 is 5.91 Å². The van der Waals surface area contributed by atoms with Crippen LogP contribution in [0, 0.1) is 4.91 Å². The summed E-state index contributed by atoms with van der Waals surface area (Å²) in [4.78, 5) is 27.9. The molecule has 10 heteroatoms. The molecule has 0 aliphatic carbocycles. The van der Waals surface area contributed by atoms with E-state index in [9.17, 15) is 18.1 Å². The lowest BCUT2D eigenvalue weighted by molar-refractivity contribution is -0.122. The fraction of sp³-hybridized carbons (Fsp3) is 0.333. The Bertz CT molecular complexity index is 1230. The van der Waals surface area contributed by atoms with Crippen molar-refractivity contribution in [3.05, 3.63) is 47.4 Å². The van der Waals surface area contributed by atoms with E-state index in [0.29, 0.717) is 16.8 Å². The number of nitroso groups, excluding NO2 is 1. The number of amides is 1. The van der Waals surface area contributed by atoms with E-state index in [4.69, 9.17) is 9.47 Å². The van der Waals surface area contributed by atoms with Crippen LogP contribution in [0.3, 0.4) is 0 Å². The summed E-state index contributed by atoms with van der Waals surface area (Å²) in [5.74, 6) is -0.411. The predicted molar refractivity (Wildman–Crippen MR) is 117 cm³/mol. The van der Waals surface area contributed by atoms with Crippen LogP contribution >= 0.6 is 11.3 Å². The summed E-state index contributed by atoms with van der Waals surface area (Å²) in [5, 5.41) is 3.19. The van der Waals surface area contributed by atoms with E-state index in [1.165, 1.54) is 23.5 Å². The van der Waals surface area contributed by atoms with E-state index in [1.807, 2.05) is 31.2 Å². The fourth-order valence-electron chi connectivity index (χ4n) is 3.66. The molecular weight excluding hydrogens is 440 g/mol. The maximum atomic E-state index is 13.4. The second kappa shape index (κ2) is 8.45. The van der Waals surface area contributed by atoms with Crippen LogP contribution < -0.4 is 4.74 Å². The molecule has 8 nitrogen and oxygen atoms in total. The van der Waals surface area contributed by atoms with Gasteiger partial charge in [0.25, 0.3) is 0 Å². The molecule has 2 heterocycles. The SMILES string of the molecule is CCOc1ccc(-c2nc3ccc(S(=O)(=O)C4(C(=O)N=O)CCOCC4)cc3s2)cc1. The summed E-state index contributed by atoms with van der Waals surface area (Å²) in [6.07, 6.45) is -0.198. The van der Waals surface area contributed by atoms with E-state index in [-0.39, 0.29) is 31.0 Å². The van der Waals surface area contributed by atoms with E-state index in [2.05, 4.69) is 10.2 Å². The van der Waals surface area contributed by atoms with Gasteiger partial charge in [-0.25, -0.2) is 13.4 Å². The van der Waals surface area contributed by atoms with Crippen LogP contribution in [0.1, 0.15) is 19.8 Å². The van der Waals surface area contributed by atoms with E-state index in [1.54, 1.807) is 6.07 Å². The molecule has 31 heavy (non-hydrogen) atoms. The number of hydrogen-bond donors (Lipinski definition) is 0.